The standard InChI is InChI=1S/C24H28N3.C22H24N3.C21H22N3.2C19H18N3/c1-16-10-11-19-23(25-21-9-7-8-12-27(19)21)22(16)20-13-18(14-24(3,4)5)17(2)15-26(20)6;1-14(2)17-12-19(24(5)13-16(17)4)21-15(3)9-10-18-22(21)23-20-8-6-7-11-25(18)20;1-14(2)16-10-12-23(4)18(13-16)20-15(3)8-9-17-21(20)22-19-7-5-6-11-24(17)19;1-13-7-9-15(21(3)12-13)18-14(2)8-10-16-19(18)20-17-6-4-5-11-22(16)17;1-13-9-11-21(3)16(12-13)18-14(2)7-8-15-19(18)20-17-6-4-5-10-22(15)17/h7-13,15H,14H2,1-6H3;6-14H,1-5H3;5-14H,1-4H3;2*4-12H,1-3H3/q5*+1/i;;14D;1D3;. The van der Waals surface area contributed by atoms with Gasteiger partial charge in [-0.25, -0.2) is 47.8 Å². The maximum atomic E-state index is 8.38. The topological polar surface area (TPSA) is 106 Å². The highest BCUT2D eigenvalue weighted by molar-refractivity contribution is 5.99. The second kappa shape index (κ2) is 32.5. The van der Waals surface area contributed by atoms with Crippen LogP contribution in [-0.2, 0) is 41.7 Å². The van der Waals surface area contributed by atoms with Crippen molar-refractivity contribution in [3.8, 4) is 56.3 Å². The van der Waals surface area contributed by atoms with Crippen LogP contribution in [0.1, 0.15) is 133 Å². The number of pyridine rings is 10. The molecule has 20 aromatic rings. The predicted octanol–water partition coefficient (Wildman–Crippen LogP) is 21.5. The van der Waals surface area contributed by atoms with Gasteiger partial charge in [-0.1, -0.05) is 109 Å². The molecule has 0 aliphatic heterocycles. The van der Waals surface area contributed by atoms with E-state index in [9.17, 15) is 0 Å². The van der Waals surface area contributed by atoms with Gasteiger partial charge in [0.25, 0.3) is 0 Å². The lowest BCUT2D eigenvalue weighted by molar-refractivity contribution is -0.660. The van der Waals surface area contributed by atoms with Crippen LogP contribution >= 0.6 is 0 Å². The van der Waals surface area contributed by atoms with Crippen molar-refractivity contribution in [2.45, 2.75) is 129 Å². The van der Waals surface area contributed by atoms with Crippen LogP contribution in [0.2, 0.25) is 0 Å². The molecule has 0 bridgehead atoms. The maximum absolute atomic E-state index is 8.38. The smallest absolute Gasteiger partial charge is 0.215 e. The van der Waals surface area contributed by atoms with Crippen molar-refractivity contribution >= 4 is 83.4 Å². The number of rotatable bonds is 8. The van der Waals surface area contributed by atoms with E-state index < -0.39 is 12.7 Å². The SMILES string of the molecule is Cc1c[n+](C)c(-c2c(C)ccc3c2nc2ccccn23)cc1C(C)C.Cc1c[n+](C)c(-c2c(C)ccc3c2nc2ccccn23)cc1CC(C)(C)C.Cc1cc[n+](C)c(-c2c(C)ccc3c2nc2ccccn23)c1.[2H]C(C)(C)c1cc[n+](C)c(-c2c(C)ccc3c2nc2ccccn23)c1.[2H]C([2H])([2H])c1ccc(-c2c(C)ccc3c2nc2ccccn23)[n+](C)c1. The van der Waals surface area contributed by atoms with Crippen LogP contribution in [0.3, 0.4) is 0 Å². The van der Waals surface area contributed by atoms with Crippen LogP contribution in [0.15, 0.2) is 262 Å². The number of aryl methyl sites for hydroxylation is 14. The van der Waals surface area contributed by atoms with E-state index >= 15 is 0 Å². The minimum Gasteiger partial charge on any atom is -0.300 e. The minimum absolute atomic E-state index is 0.256. The van der Waals surface area contributed by atoms with E-state index in [1.165, 1.54) is 83.8 Å². The van der Waals surface area contributed by atoms with Crippen molar-refractivity contribution in [2.75, 3.05) is 0 Å². The van der Waals surface area contributed by atoms with E-state index in [0.29, 0.717) is 11.5 Å². The van der Waals surface area contributed by atoms with Gasteiger partial charge in [-0.2, -0.15) is 0 Å². The molecule has 600 valence electrons. The molecule has 20 rings (SSSR count). The fourth-order valence-corrected chi connectivity index (χ4v) is 17.2. The number of hydrogen-bond acceptors (Lipinski definition) is 5. The van der Waals surface area contributed by atoms with Crippen LogP contribution in [0, 0.1) is 67.7 Å². The fourth-order valence-electron chi connectivity index (χ4n) is 17.2. The average molecular weight is 1590 g/mol. The van der Waals surface area contributed by atoms with E-state index in [-0.39, 0.29) is 5.41 Å². The summed E-state index contributed by atoms with van der Waals surface area (Å²) in [4.78, 5) is 24.5. The third-order valence-corrected chi connectivity index (χ3v) is 23.3. The molecule has 0 N–H and O–H groups in total. The molecule has 5 aromatic carbocycles. The normalized spacial score (nSPS) is 12.4. The van der Waals surface area contributed by atoms with Gasteiger partial charge in [0.2, 0.25) is 28.5 Å². The lowest BCUT2D eigenvalue weighted by Gasteiger charge is -2.19. The summed E-state index contributed by atoms with van der Waals surface area (Å²) in [6.07, 6.45) is 21.7. The van der Waals surface area contributed by atoms with Crippen molar-refractivity contribution in [2.24, 2.45) is 40.7 Å². The van der Waals surface area contributed by atoms with E-state index in [1.54, 1.807) is 12.3 Å². The number of benzene rings is 5. The first kappa shape index (κ1) is 75.4. The highest BCUT2D eigenvalue weighted by Gasteiger charge is 2.28. The Morgan fingerprint density at radius 2 is 0.667 bits per heavy atom. The van der Waals surface area contributed by atoms with Crippen molar-refractivity contribution in [1.29, 1.82) is 0 Å². The van der Waals surface area contributed by atoms with Crippen molar-refractivity contribution in [3.05, 3.63) is 329 Å². The second-order valence-electron chi connectivity index (χ2n) is 34.1. The molecule has 0 amide bonds. The molecule has 0 unspecified atom stereocenters. The molecule has 0 radical (unpaired) electrons. The zero-order chi connectivity index (χ0) is 87.9. The van der Waals surface area contributed by atoms with E-state index in [4.69, 9.17) is 30.4 Å². The summed E-state index contributed by atoms with van der Waals surface area (Å²) in [6.45, 7) is 30.4. The third-order valence-electron chi connectivity index (χ3n) is 23.3. The summed E-state index contributed by atoms with van der Waals surface area (Å²) in [5.41, 5.74) is 41.4. The van der Waals surface area contributed by atoms with Gasteiger partial charge in [-0.3, -0.25) is 22.0 Å². The highest BCUT2D eigenvalue weighted by Crippen LogP contribution is 2.38. The Balaban J connectivity index is 0.000000115. The Morgan fingerprint density at radius 3 is 1.02 bits per heavy atom. The van der Waals surface area contributed by atoms with Gasteiger partial charge in [0.15, 0.2) is 31.0 Å². The fraction of sp³-hybridized carbons (Fsp3) is 0.238. The quantitative estimate of drug-likeness (QED) is 0.141. The first-order valence-corrected chi connectivity index (χ1v) is 41.4. The number of fused-ring (bicyclic) bond motifs is 15. The molecule has 0 saturated carbocycles. The Kier molecular flexibility index (Phi) is 20.4. The highest BCUT2D eigenvalue weighted by atomic mass is 15.1. The van der Waals surface area contributed by atoms with Crippen LogP contribution in [0.4, 0.5) is 0 Å². The van der Waals surface area contributed by atoms with Gasteiger partial charge in [-0.05, 0) is 233 Å². The summed E-state index contributed by atoms with van der Waals surface area (Å²) in [5.74, 6) is -0.135. The Bertz CT molecular complexity index is 7570. The molecule has 15 aromatic heterocycles. The van der Waals surface area contributed by atoms with Crippen LogP contribution in [0.5, 0.6) is 0 Å². The molecule has 0 aliphatic carbocycles. The van der Waals surface area contributed by atoms with Crippen molar-refractivity contribution < 1.29 is 28.3 Å². The van der Waals surface area contributed by atoms with Gasteiger partial charge >= 0.3 is 0 Å². The molecular weight excluding hydrogens is 1470 g/mol. The average Bonchev–Trinajstić information content (AvgIpc) is 1.63. The monoisotopic (exact) mass is 1580 g/mol. The van der Waals surface area contributed by atoms with Crippen LogP contribution < -0.4 is 22.8 Å². The van der Waals surface area contributed by atoms with Gasteiger partial charge in [0.1, 0.15) is 91.1 Å². The molecule has 0 aliphatic rings. The summed E-state index contributed by atoms with van der Waals surface area (Å²) in [6, 6.07) is 68.7. The first-order valence-electron chi connectivity index (χ1n) is 43.4. The zero-order valence-corrected chi connectivity index (χ0v) is 72.8. The van der Waals surface area contributed by atoms with Gasteiger partial charge in [0, 0.05) is 95.6 Å². The molecule has 15 heterocycles. The van der Waals surface area contributed by atoms with E-state index in [0.717, 1.165) is 123 Å². The summed E-state index contributed by atoms with van der Waals surface area (Å²) in [5, 5.41) is 0. The lowest BCUT2D eigenvalue weighted by Crippen LogP contribution is -2.32. The van der Waals surface area contributed by atoms with E-state index in [1.807, 2.05) is 124 Å². The molecule has 15 nitrogen and oxygen atoms in total. The molecule has 0 atom stereocenters. The summed E-state index contributed by atoms with van der Waals surface area (Å²) >= 11 is 0. The number of hydrogen-bond donors (Lipinski definition) is 0. The predicted molar refractivity (Wildman–Crippen MR) is 491 cm³/mol. The minimum atomic E-state index is -2.11. The lowest BCUT2D eigenvalue weighted by atomic mass is 9.86. The molecule has 15 heteroatoms. The molecule has 0 fully saturated rings. The van der Waals surface area contributed by atoms with Gasteiger partial charge in [0.05, 0.1) is 55.4 Å². The first-order chi connectivity index (χ1) is 59.1. The molecule has 0 spiro atoms. The summed E-state index contributed by atoms with van der Waals surface area (Å²) < 4.78 is 52.4. The third kappa shape index (κ3) is 15.3. The Morgan fingerprint density at radius 1 is 0.333 bits per heavy atom. The molecule has 120 heavy (non-hydrogen) atoms. The van der Waals surface area contributed by atoms with Crippen molar-refractivity contribution in [3.63, 3.8) is 0 Å². The maximum Gasteiger partial charge on any atom is 0.215 e. The molecular formula is C105H110N15+5. The summed E-state index contributed by atoms with van der Waals surface area (Å²) in [7, 11) is 10.3. The Labute approximate surface area is 709 Å². The van der Waals surface area contributed by atoms with Crippen molar-refractivity contribution in [1.82, 2.24) is 46.9 Å². The number of nitrogens with zero attached hydrogens (tertiary/aromatic N) is 15. The number of aromatic nitrogens is 15. The van der Waals surface area contributed by atoms with Gasteiger partial charge in [-0.15, -0.1) is 0 Å². The Hall–Kier alpha value is -13.4. The van der Waals surface area contributed by atoms with Gasteiger partial charge < -0.3 is 0 Å². The zero-order valence-electron chi connectivity index (χ0n) is 76.8. The number of imidazole rings is 5. The second-order valence-corrected chi connectivity index (χ2v) is 34.1. The van der Waals surface area contributed by atoms with Crippen LogP contribution in [0.25, 0.3) is 140 Å². The van der Waals surface area contributed by atoms with Crippen LogP contribution in [-0.4, -0.2) is 46.9 Å². The largest absolute Gasteiger partial charge is 0.300 e. The van der Waals surface area contributed by atoms with E-state index in [2.05, 4.69) is 310 Å². The molecule has 0 saturated heterocycles.